The summed E-state index contributed by atoms with van der Waals surface area (Å²) in [6.45, 7) is 0.480. The van der Waals surface area contributed by atoms with Gasteiger partial charge < -0.3 is 14.6 Å². The number of nitrogens with one attached hydrogen (secondary N) is 1. The lowest BCUT2D eigenvalue weighted by molar-refractivity contribution is -0.116. The van der Waals surface area contributed by atoms with Gasteiger partial charge in [-0.25, -0.2) is 4.98 Å². The SMILES string of the molecule is COc1cc(/C=C/C(=O)NCc2cccc3ccccc23)ccc1-n1ccnc1. The van der Waals surface area contributed by atoms with Gasteiger partial charge in [0.15, 0.2) is 0 Å². The first-order valence-corrected chi connectivity index (χ1v) is 9.33. The van der Waals surface area contributed by atoms with Gasteiger partial charge in [-0.1, -0.05) is 48.5 Å². The normalized spacial score (nSPS) is 11.1. The fraction of sp³-hybridized carbons (Fsp3) is 0.0833. The molecule has 0 saturated carbocycles. The second-order valence-electron chi connectivity index (χ2n) is 6.59. The Hall–Kier alpha value is -3.86. The number of ether oxygens (including phenoxy) is 1. The lowest BCUT2D eigenvalue weighted by Crippen LogP contribution is -2.20. The van der Waals surface area contributed by atoms with Gasteiger partial charge in [0, 0.05) is 25.0 Å². The van der Waals surface area contributed by atoms with Crippen LogP contribution in [0.3, 0.4) is 0 Å². The Morgan fingerprint density at radius 2 is 2.00 bits per heavy atom. The summed E-state index contributed by atoms with van der Waals surface area (Å²) in [4.78, 5) is 16.4. The lowest BCUT2D eigenvalue weighted by atomic mass is 10.0. The molecule has 0 radical (unpaired) electrons. The Morgan fingerprint density at radius 1 is 1.14 bits per heavy atom. The van der Waals surface area contributed by atoms with Crippen molar-refractivity contribution < 1.29 is 9.53 Å². The Labute approximate surface area is 169 Å². The number of fused-ring (bicyclic) bond motifs is 1. The monoisotopic (exact) mass is 383 g/mol. The average molecular weight is 383 g/mol. The highest BCUT2D eigenvalue weighted by molar-refractivity contribution is 5.92. The summed E-state index contributed by atoms with van der Waals surface area (Å²) in [5.74, 6) is 0.567. The van der Waals surface area contributed by atoms with Gasteiger partial charge in [0.05, 0.1) is 19.1 Å². The number of amides is 1. The summed E-state index contributed by atoms with van der Waals surface area (Å²) in [6.07, 6.45) is 8.60. The molecule has 4 aromatic rings. The number of benzene rings is 3. The summed E-state index contributed by atoms with van der Waals surface area (Å²) in [5, 5.41) is 5.27. The third-order valence-corrected chi connectivity index (χ3v) is 4.75. The van der Waals surface area contributed by atoms with Crippen LogP contribution in [-0.2, 0) is 11.3 Å². The highest BCUT2D eigenvalue weighted by Crippen LogP contribution is 2.24. The van der Waals surface area contributed by atoms with E-state index in [1.807, 2.05) is 53.2 Å². The van der Waals surface area contributed by atoms with Crippen LogP contribution in [0.1, 0.15) is 11.1 Å². The average Bonchev–Trinajstić information content (AvgIpc) is 3.30. The zero-order valence-electron chi connectivity index (χ0n) is 16.1. The molecule has 0 spiro atoms. The first-order valence-electron chi connectivity index (χ1n) is 9.33. The zero-order chi connectivity index (χ0) is 20.1. The van der Waals surface area contributed by atoms with Crippen molar-refractivity contribution in [1.29, 1.82) is 0 Å². The van der Waals surface area contributed by atoms with Crippen molar-refractivity contribution in [1.82, 2.24) is 14.9 Å². The summed E-state index contributed by atoms with van der Waals surface area (Å²) in [7, 11) is 1.63. The third-order valence-electron chi connectivity index (χ3n) is 4.75. The van der Waals surface area contributed by atoms with E-state index in [1.54, 1.807) is 25.7 Å². The minimum atomic E-state index is -0.143. The third kappa shape index (κ3) is 4.19. The summed E-state index contributed by atoms with van der Waals surface area (Å²) in [6, 6.07) is 20.0. The van der Waals surface area contributed by atoms with Crippen LogP contribution < -0.4 is 10.1 Å². The molecule has 0 fully saturated rings. The molecule has 1 aromatic heterocycles. The van der Waals surface area contributed by atoms with Gasteiger partial charge in [-0.3, -0.25) is 4.79 Å². The van der Waals surface area contributed by atoms with Gasteiger partial charge in [0.25, 0.3) is 0 Å². The van der Waals surface area contributed by atoms with Gasteiger partial charge >= 0.3 is 0 Å². The summed E-state index contributed by atoms with van der Waals surface area (Å²) in [5.41, 5.74) is 2.87. The number of hydrogen-bond donors (Lipinski definition) is 1. The molecule has 5 heteroatoms. The second-order valence-corrected chi connectivity index (χ2v) is 6.59. The number of rotatable bonds is 6. The Bertz CT molecular complexity index is 1160. The molecule has 1 heterocycles. The fourth-order valence-electron chi connectivity index (χ4n) is 3.27. The molecule has 29 heavy (non-hydrogen) atoms. The molecule has 5 nitrogen and oxygen atoms in total. The van der Waals surface area contributed by atoms with E-state index in [2.05, 4.69) is 28.5 Å². The number of carbonyl (C=O) groups excluding carboxylic acids is 1. The van der Waals surface area contributed by atoms with Gasteiger partial charge in [-0.2, -0.15) is 0 Å². The molecular weight excluding hydrogens is 362 g/mol. The van der Waals surface area contributed by atoms with E-state index in [0.29, 0.717) is 12.3 Å². The molecule has 0 aliphatic rings. The quantitative estimate of drug-likeness (QED) is 0.503. The van der Waals surface area contributed by atoms with Gasteiger partial charge in [0.2, 0.25) is 5.91 Å². The minimum Gasteiger partial charge on any atom is -0.495 e. The van der Waals surface area contributed by atoms with E-state index in [9.17, 15) is 4.79 Å². The minimum absolute atomic E-state index is 0.143. The molecule has 0 unspecified atom stereocenters. The van der Waals surface area contributed by atoms with Crippen molar-refractivity contribution in [3.63, 3.8) is 0 Å². The number of imidazole rings is 1. The van der Waals surface area contributed by atoms with E-state index >= 15 is 0 Å². The largest absolute Gasteiger partial charge is 0.495 e. The maximum atomic E-state index is 12.3. The van der Waals surface area contributed by atoms with Crippen LogP contribution in [0, 0.1) is 0 Å². The predicted molar refractivity (Wildman–Crippen MR) is 115 cm³/mol. The molecule has 0 saturated heterocycles. The highest BCUT2D eigenvalue weighted by atomic mass is 16.5. The standard InChI is InChI=1S/C24H21N3O2/c1-29-23-15-18(9-11-22(23)27-14-13-25-17-27)10-12-24(28)26-16-20-7-4-6-19-5-2-3-8-21(19)20/h2-15,17H,16H2,1H3,(H,26,28)/b12-10+. The van der Waals surface area contributed by atoms with Crippen molar-refractivity contribution in [2.75, 3.05) is 7.11 Å². The van der Waals surface area contributed by atoms with Gasteiger partial charge in [-0.15, -0.1) is 0 Å². The molecule has 0 aliphatic heterocycles. The predicted octanol–water partition coefficient (Wildman–Crippen LogP) is 4.36. The number of aromatic nitrogens is 2. The van der Waals surface area contributed by atoms with E-state index in [4.69, 9.17) is 4.74 Å². The number of hydrogen-bond acceptors (Lipinski definition) is 3. The molecule has 4 rings (SSSR count). The van der Waals surface area contributed by atoms with Crippen LogP contribution in [0.2, 0.25) is 0 Å². The summed E-state index contributed by atoms with van der Waals surface area (Å²) < 4.78 is 7.36. The van der Waals surface area contributed by atoms with Crippen molar-refractivity contribution >= 4 is 22.8 Å². The van der Waals surface area contributed by atoms with Crippen LogP contribution >= 0.6 is 0 Å². The first kappa shape index (κ1) is 18.5. The van der Waals surface area contributed by atoms with Crippen molar-refractivity contribution in [3.05, 3.63) is 96.6 Å². The first-order chi connectivity index (χ1) is 14.2. The van der Waals surface area contributed by atoms with E-state index < -0.39 is 0 Å². The number of methoxy groups -OCH3 is 1. The van der Waals surface area contributed by atoms with E-state index in [0.717, 1.165) is 22.2 Å². The van der Waals surface area contributed by atoms with Gasteiger partial charge in [0.1, 0.15) is 5.75 Å². The van der Waals surface area contributed by atoms with Crippen LogP contribution in [0.4, 0.5) is 0 Å². The van der Waals surface area contributed by atoms with Gasteiger partial charge in [-0.05, 0) is 40.1 Å². The van der Waals surface area contributed by atoms with Crippen molar-refractivity contribution in [2.24, 2.45) is 0 Å². The summed E-state index contributed by atoms with van der Waals surface area (Å²) >= 11 is 0. The topological polar surface area (TPSA) is 56.1 Å². The Kier molecular flexibility index (Phi) is 5.38. The fourth-order valence-corrected chi connectivity index (χ4v) is 3.27. The molecule has 1 amide bonds. The van der Waals surface area contributed by atoms with Crippen molar-refractivity contribution in [2.45, 2.75) is 6.54 Å². The lowest BCUT2D eigenvalue weighted by Gasteiger charge is -2.10. The molecule has 144 valence electrons. The van der Waals surface area contributed by atoms with Crippen LogP contribution in [-0.4, -0.2) is 22.6 Å². The molecule has 3 aromatic carbocycles. The zero-order valence-corrected chi connectivity index (χ0v) is 16.1. The maximum Gasteiger partial charge on any atom is 0.244 e. The maximum absolute atomic E-state index is 12.3. The molecule has 1 N–H and O–H groups in total. The molecule has 0 bridgehead atoms. The Morgan fingerprint density at radius 3 is 2.83 bits per heavy atom. The number of nitrogens with zero attached hydrogens (tertiary/aromatic N) is 2. The molecular formula is C24H21N3O2. The Balaban J connectivity index is 1.44. The van der Waals surface area contributed by atoms with Crippen LogP contribution in [0.25, 0.3) is 22.5 Å². The van der Waals surface area contributed by atoms with Crippen LogP contribution in [0.5, 0.6) is 5.75 Å². The molecule has 0 atom stereocenters. The second kappa shape index (κ2) is 8.44. The smallest absolute Gasteiger partial charge is 0.244 e. The number of carbonyl (C=O) groups is 1. The van der Waals surface area contributed by atoms with E-state index in [-0.39, 0.29) is 5.91 Å². The van der Waals surface area contributed by atoms with E-state index in [1.165, 1.54) is 11.5 Å². The van der Waals surface area contributed by atoms with Crippen LogP contribution in [0.15, 0.2) is 85.5 Å². The molecule has 0 aliphatic carbocycles. The highest BCUT2D eigenvalue weighted by Gasteiger charge is 2.06. The van der Waals surface area contributed by atoms with Crippen molar-refractivity contribution in [3.8, 4) is 11.4 Å².